The van der Waals surface area contributed by atoms with Gasteiger partial charge in [0.1, 0.15) is 5.69 Å². The van der Waals surface area contributed by atoms with E-state index in [2.05, 4.69) is 27.3 Å². The highest BCUT2D eigenvalue weighted by Crippen LogP contribution is 2.34. The SMILES string of the molecule is O=C(Nc1ccccc1C(F)(F)F)c1ccc(N2CCc3ccccc3C2)cn1. The molecule has 0 atom stereocenters. The predicted molar refractivity (Wildman–Crippen MR) is 105 cm³/mol. The molecule has 0 unspecified atom stereocenters. The van der Waals surface area contributed by atoms with Crippen LogP contribution in [0.15, 0.2) is 66.9 Å². The minimum atomic E-state index is -4.55. The lowest BCUT2D eigenvalue weighted by Gasteiger charge is -2.30. The van der Waals surface area contributed by atoms with Gasteiger partial charge in [-0.15, -0.1) is 0 Å². The summed E-state index contributed by atoms with van der Waals surface area (Å²) in [6.07, 6.45) is -2.04. The van der Waals surface area contributed by atoms with Crippen LogP contribution in [0.2, 0.25) is 0 Å². The van der Waals surface area contributed by atoms with Crippen molar-refractivity contribution < 1.29 is 18.0 Å². The van der Waals surface area contributed by atoms with E-state index in [-0.39, 0.29) is 11.4 Å². The molecule has 4 nitrogen and oxygen atoms in total. The van der Waals surface area contributed by atoms with Crippen LogP contribution in [0, 0.1) is 0 Å². The van der Waals surface area contributed by atoms with Crippen molar-refractivity contribution in [1.29, 1.82) is 0 Å². The first kappa shape index (κ1) is 19.0. The Bertz CT molecular complexity index is 1030. The molecule has 29 heavy (non-hydrogen) atoms. The van der Waals surface area contributed by atoms with E-state index in [4.69, 9.17) is 0 Å². The first-order valence-corrected chi connectivity index (χ1v) is 9.17. The van der Waals surface area contributed by atoms with Gasteiger partial charge in [-0.25, -0.2) is 4.98 Å². The summed E-state index contributed by atoms with van der Waals surface area (Å²) in [4.78, 5) is 18.7. The summed E-state index contributed by atoms with van der Waals surface area (Å²) in [5.74, 6) is -0.683. The van der Waals surface area contributed by atoms with E-state index in [9.17, 15) is 18.0 Å². The van der Waals surface area contributed by atoms with Crippen LogP contribution in [-0.2, 0) is 19.1 Å². The van der Waals surface area contributed by atoms with Crippen molar-refractivity contribution in [2.24, 2.45) is 0 Å². The standard InChI is InChI=1S/C22H18F3N3O/c23-22(24,25)18-7-3-4-8-19(18)27-21(29)20-10-9-17(13-26-20)28-12-11-15-5-1-2-6-16(15)14-28/h1-10,13H,11-12,14H2,(H,27,29). The van der Waals surface area contributed by atoms with E-state index in [0.717, 1.165) is 31.3 Å². The van der Waals surface area contributed by atoms with Gasteiger partial charge in [0.2, 0.25) is 0 Å². The number of hydrogen-bond acceptors (Lipinski definition) is 3. The summed E-state index contributed by atoms with van der Waals surface area (Å²) >= 11 is 0. The van der Waals surface area contributed by atoms with Crippen molar-refractivity contribution in [1.82, 2.24) is 4.98 Å². The summed E-state index contributed by atoms with van der Waals surface area (Å²) in [6, 6.07) is 16.4. The maximum Gasteiger partial charge on any atom is 0.418 e. The summed E-state index contributed by atoms with van der Waals surface area (Å²) in [5.41, 5.74) is 2.33. The van der Waals surface area contributed by atoms with Gasteiger partial charge in [-0.3, -0.25) is 4.79 Å². The average Bonchev–Trinajstić information content (AvgIpc) is 2.73. The van der Waals surface area contributed by atoms with Gasteiger partial charge < -0.3 is 10.2 Å². The molecule has 2 heterocycles. The fraction of sp³-hybridized carbons (Fsp3) is 0.182. The van der Waals surface area contributed by atoms with Gasteiger partial charge in [0.25, 0.3) is 5.91 Å². The van der Waals surface area contributed by atoms with E-state index in [0.29, 0.717) is 0 Å². The number of nitrogens with one attached hydrogen (secondary N) is 1. The molecular formula is C22H18F3N3O. The zero-order valence-electron chi connectivity index (χ0n) is 15.4. The highest BCUT2D eigenvalue weighted by molar-refractivity contribution is 6.03. The number of benzene rings is 2. The van der Waals surface area contributed by atoms with Gasteiger partial charge in [-0.05, 0) is 41.8 Å². The van der Waals surface area contributed by atoms with Gasteiger partial charge in [0.05, 0.1) is 23.1 Å². The quantitative estimate of drug-likeness (QED) is 0.683. The lowest BCUT2D eigenvalue weighted by atomic mass is 10.00. The molecule has 0 saturated carbocycles. The van der Waals surface area contributed by atoms with Crippen LogP contribution < -0.4 is 10.2 Å². The Morgan fingerprint density at radius 1 is 0.966 bits per heavy atom. The number of nitrogens with zero attached hydrogens (tertiary/aromatic N) is 2. The fourth-order valence-electron chi connectivity index (χ4n) is 3.45. The minimum Gasteiger partial charge on any atom is -0.366 e. The number of para-hydroxylation sites is 1. The number of carbonyl (C=O) groups excluding carboxylic acids is 1. The molecule has 0 spiro atoms. The zero-order valence-corrected chi connectivity index (χ0v) is 15.4. The maximum atomic E-state index is 13.1. The van der Waals surface area contributed by atoms with Gasteiger partial charge in [-0.1, -0.05) is 36.4 Å². The number of rotatable bonds is 3. The molecule has 1 aromatic heterocycles. The molecule has 148 valence electrons. The number of fused-ring (bicyclic) bond motifs is 1. The predicted octanol–water partition coefficient (Wildman–Crippen LogP) is 4.92. The molecule has 7 heteroatoms. The van der Waals surface area contributed by atoms with E-state index < -0.39 is 17.6 Å². The normalized spacial score (nSPS) is 13.7. The van der Waals surface area contributed by atoms with E-state index >= 15 is 0 Å². The second-order valence-corrected chi connectivity index (χ2v) is 6.84. The second-order valence-electron chi connectivity index (χ2n) is 6.84. The topological polar surface area (TPSA) is 45.2 Å². The number of amides is 1. The van der Waals surface area contributed by atoms with Crippen LogP contribution in [0.1, 0.15) is 27.2 Å². The van der Waals surface area contributed by atoms with E-state index in [1.54, 1.807) is 12.3 Å². The van der Waals surface area contributed by atoms with Crippen LogP contribution >= 0.6 is 0 Å². The third-order valence-corrected chi connectivity index (χ3v) is 4.96. The molecule has 0 radical (unpaired) electrons. The molecule has 3 aromatic rings. The Kier molecular flexibility index (Phi) is 4.96. The molecule has 0 fully saturated rings. The molecule has 0 aliphatic carbocycles. The second kappa shape index (κ2) is 7.58. The third-order valence-electron chi connectivity index (χ3n) is 4.96. The fourth-order valence-corrected chi connectivity index (χ4v) is 3.45. The number of aromatic nitrogens is 1. The number of halogens is 3. The molecule has 0 saturated heterocycles. The smallest absolute Gasteiger partial charge is 0.366 e. The monoisotopic (exact) mass is 397 g/mol. The molecule has 2 aromatic carbocycles. The lowest BCUT2D eigenvalue weighted by Crippen LogP contribution is -2.30. The first-order chi connectivity index (χ1) is 13.9. The van der Waals surface area contributed by atoms with Gasteiger partial charge in [0, 0.05) is 13.1 Å². The lowest BCUT2D eigenvalue weighted by molar-refractivity contribution is -0.136. The summed E-state index contributed by atoms with van der Waals surface area (Å²) in [6.45, 7) is 1.59. The van der Waals surface area contributed by atoms with Crippen LogP contribution in [0.3, 0.4) is 0 Å². The highest BCUT2D eigenvalue weighted by atomic mass is 19.4. The molecule has 1 aliphatic heterocycles. The van der Waals surface area contributed by atoms with Crippen LogP contribution in [-0.4, -0.2) is 17.4 Å². The molecular weight excluding hydrogens is 379 g/mol. The van der Waals surface area contributed by atoms with Crippen LogP contribution in [0.5, 0.6) is 0 Å². The van der Waals surface area contributed by atoms with Crippen molar-refractivity contribution in [2.45, 2.75) is 19.1 Å². The van der Waals surface area contributed by atoms with Crippen molar-refractivity contribution in [2.75, 3.05) is 16.8 Å². The van der Waals surface area contributed by atoms with Crippen molar-refractivity contribution in [3.63, 3.8) is 0 Å². The van der Waals surface area contributed by atoms with Crippen LogP contribution in [0.25, 0.3) is 0 Å². The largest absolute Gasteiger partial charge is 0.418 e. The van der Waals surface area contributed by atoms with Crippen molar-refractivity contribution in [3.8, 4) is 0 Å². The number of hydrogen-bond donors (Lipinski definition) is 1. The first-order valence-electron chi connectivity index (χ1n) is 9.17. The zero-order chi connectivity index (χ0) is 20.4. The molecule has 1 N–H and O–H groups in total. The Labute approximate surface area is 166 Å². The van der Waals surface area contributed by atoms with E-state index in [1.165, 1.54) is 35.4 Å². The minimum absolute atomic E-state index is 0.0585. The number of pyridine rings is 1. The summed E-state index contributed by atoms with van der Waals surface area (Å²) < 4.78 is 39.3. The van der Waals surface area contributed by atoms with Crippen LogP contribution in [0.4, 0.5) is 24.5 Å². The highest BCUT2D eigenvalue weighted by Gasteiger charge is 2.33. The molecule has 1 amide bonds. The van der Waals surface area contributed by atoms with Crippen molar-refractivity contribution >= 4 is 17.3 Å². The summed E-state index contributed by atoms with van der Waals surface area (Å²) in [7, 11) is 0. The Morgan fingerprint density at radius 3 is 2.41 bits per heavy atom. The Morgan fingerprint density at radius 2 is 1.69 bits per heavy atom. The molecule has 0 bridgehead atoms. The number of alkyl halides is 3. The van der Waals surface area contributed by atoms with Gasteiger partial charge in [-0.2, -0.15) is 13.2 Å². The average molecular weight is 397 g/mol. The van der Waals surface area contributed by atoms with Crippen molar-refractivity contribution in [3.05, 3.63) is 89.2 Å². The molecule has 4 rings (SSSR count). The Hall–Kier alpha value is -3.35. The number of anilines is 2. The van der Waals surface area contributed by atoms with Gasteiger partial charge in [0.15, 0.2) is 0 Å². The summed E-state index contributed by atoms with van der Waals surface area (Å²) in [5, 5.41) is 2.31. The van der Waals surface area contributed by atoms with E-state index in [1.807, 2.05) is 12.1 Å². The Balaban J connectivity index is 1.48. The maximum absolute atomic E-state index is 13.1. The molecule has 1 aliphatic rings. The number of carbonyl (C=O) groups is 1. The third kappa shape index (κ3) is 4.08. The van der Waals surface area contributed by atoms with Gasteiger partial charge >= 0.3 is 6.18 Å².